The van der Waals surface area contributed by atoms with Gasteiger partial charge in [-0.05, 0) is 24.3 Å². The Labute approximate surface area is 211 Å². The smallest absolute Gasteiger partial charge is 0.342 e. The van der Waals surface area contributed by atoms with Crippen molar-refractivity contribution >= 4 is 29.8 Å². The molecule has 196 valence electrons. The lowest BCUT2D eigenvalue weighted by Gasteiger charge is -2.44. The number of rotatable bonds is 8. The maximum absolute atomic E-state index is 13.0. The van der Waals surface area contributed by atoms with Crippen LogP contribution < -0.4 is 5.32 Å². The summed E-state index contributed by atoms with van der Waals surface area (Å²) >= 11 is 0. The average molecular weight is 515 g/mol. The van der Waals surface area contributed by atoms with Crippen LogP contribution in [0, 0.1) is 0 Å². The van der Waals surface area contributed by atoms with Gasteiger partial charge in [0.2, 0.25) is 6.29 Å². The summed E-state index contributed by atoms with van der Waals surface area (Å²) < 4.78 is 27.2. The van der Waals surface area contributed by atoms with Gasteiger partial charge in [-0.1, -0.05) is 0 Å². The van der Waals surface area contributed by atoms with Crippen LogP contribution in [0.2, 0.25) is 0 Å². The Morgan fingerprint density at radius 1 is 0.838 bits per heavy atom. The standard InChI is InChI=1S/C24H25N3O10/c1-13(28)33-12-18-20(34-14(2)29)21(35-15(3)30)19(27-22(31)16-6-4-8-25-10-16)24(36-18)37-23(32)17-7-5-9-26-11-17/h4-11,18-21,24H,12H2,1-3H3,(H,27,31)/t18-,19-,20-,21-,24+/m1/s1. The summed E-state index contributed by atoms with van der Waals surface area (Å²) in [6, 6.07) is 4.63. The van der Waals surface area contributed by atoms with Crippen LogP contribution in [0.3, 0.4) is 0 Å². The number of ether oxygens (including phenoxy) is 5. The number of hydrogen-bond donors (Lipinski definition) is 1. The van der Waals surface area contributed by atoms with Crippen molar-refractivity contribution in [2.24, 2.45) is 0 Å². The third kappa shape index (κ3) is 7.54. The summed E-state index contributed by atoms with van der Waals surface area (Å²) in [5.41, 5.74) is 0.221. The highest BCUT2D eigenvalue weighted by molar-refractivity contribution is 5.94. The highest BCUT2D eigenvalue weighted by Crippen LogP contribution is 2.28. The van der Waals surface area contributed by atoms with Gasteiger partial charge in [-0.25, -0.2) is 4.79 Å². The molecule has 0 spiro atoms. The molecule has 0 aromatic carbocycles. The normalized spacial score (nSPS) is 22.7. The molecular weight excluding hydrogens is 490 g/mol. The van der Waals surface area contributed by atoms with Crippen molar-refractivity contribution in [3.8, 4) is 0 Å². The molecule has 3 rings (SSSR count). The molecule has 1 N–H and O–H groups in total. The fourth-order valence-corrected chi connectivity index (χ4v) is 3.55. The second-order valence-corrected chi connectivity index (χ2v) is 7.88. The maximum Gasteiger partial charge on any atom is 0.342 e. The Morgan fingerprint density at radius 3 is 1.97 bits per heavy atom. The lowest BCUT2D eigenvalue weighted by Crippen LogP contribution is -2.67. The Morgan fingerprint density at radius 2 is 1.43 bits per heavy atom. The molecule has 0 saturated carbocycles. The summed E-state index contributed by atoms with van der Waals surface area (Å²) in [5.74, 6) is -3.74. The van der Waals surface area contributed by atoms with Crippen molar-refractivity contribution in [1.29, 1.82) is 0 Å². The number of esters is 4. The van der Waals surface area contributed by atoms with Gasteiger partial charge in [-0.15, -0.1) is 0 Å². The molecule has 0 radical (unpaired) electrons. The van der Waals surface area contributed by atoms with Gasteiger partial charge < -0.3 is 29.0 Å². The Hall–Kier alpha value is -4.39. The number of carbonyl (C=O) groups excluding carboxylic acids is 5. The molecule has 5 atom stereocenters. The van der Waals surface area contributed by atoms with E-state index in [2.05, 4.69) is 15.3 Å². The Kier molecular flexibility index (Phi) is 9.21. The first-order chi connectivity index (χ1) is 17.7. The molecule has 37 heavy (non-hydrogen) atoms. The molecule has 0 aliphatic carbocycles. The minimum atomic E-state index is -1.56. The molecule has 2 aromatic heterocycles. The van der Waals surface area contributed by atoms with Crippen molar-refractivity contribution in [3.63, 3.8) is 0 Å². The van der Waals surface area contributed by atoms with Crippen molar-refractivity contribution in [1.82, 2.24) is 15.3 Å². The number of hydrogen-bond acceptors (Lipinski definition) is 12. The minimum Gasteiger partial charge on any atom is -0.463 e. The van der Waals surface area contributed by atoms with Crippen LogP contribution in [-0.4, -0.2) is 77.0 Å². The van der Waals surface area contributed by atoms with E-state index in [1.54, 1.807) is 0 Å². The van der Waals surface area contributed by atoms with Crippen LogP contribution in [-0.2, 0) is 38.1 Å². The van der Waals surface area contributed by atoms with Gasteiger partial charge >= 0.3 is 23.9 Å². The van der Waals surface area contributed by atoms with E-state index in [0.717, 1.165) is 20.8 Å². The molecule has 1 aliphatic rings. The zero-order valence-electron chi connectivity index (χ0n) is 20.2. The number of nitrogens with zero attached hydrogens (tertiary/aromatic N) is 2. The average Bonchev–Trinajstić information content (AvgIpc) is 2.86. The van der Waals surface area contributed by atoms with Gasteiger partial charge in [0.1, 0.15) is 18.8 Å². The van der Waals surface area contributed by atoms with E-state index < -0.39 is 67.0 Å². The van der Waals surface area contributed by atoms with Crippen LogP contribution in [0.15, 0.2) is 49.1 Å². The molecule has 1 amide bonds. The van der Waals surface area contributed by atoms with Crippen LogP contribution >= 0.6 is 0 Å². The predicted octanol–water partition coefficient (Wildman–Crippen LogP) is 0.583. The van der Waals surface area contributed by atoms with Crippen molar-refractivity contribution in [3.05, 3.63) is 60.2 Å². The molecule has 0 unspecified atom stereocenters. The second kappa shape index (κ2) is 12.5. The first kappa shape index (κ1) is 27.2. The molecule has 13 heteroatoms. The van der Waals surface area contributed by atoms with Crippen LogP contribution in [0.4, 0.5) is 0 Å². The van der Waals surface area contributed by atoms with Crippen molar-refractivity contribution in [2.45, 2.75) is 51.4 Å². The van der Waals surface area contributed by atoms with Crippen molar-refractivity contribution in [2.75, 3.05) is 6.61 Å². The summed E-state index contributed by atoms with van der Waals surface area (Å²) in [5, 5.41) is 2.61. The van der Waals surface area contributed by atoms with Crippen LogP contribution in [0.5, 0.6) is 0 Å². The van der Waals surface area contributed by atoms with Crippen LogP contribution in [0.1, 0.15) is 41.5 Å². The lowest BCUT2D eigenvalue weighted by atomic mass is 9.95. The second-order valence-electron chi connectivity index (χ2n) is 7.88. The largest absolute Gasteiger partial charge is 0.463 e. The minimum absolute atomic E-state index is 0.0751. The first-order valence-corrected chi connectivity index (χ1v) is 11.1. The van der Waals surface area contributed by atoms with E-state index in [-0.39, 0.29) is 11.1 Å². The van der Waals surface area contributed by atoms with E-state index in [9.17, 15) is 24.0 Å². The fraction of sp³-hybridized carbons (Fsp3) is 0.375. The summed E-state index contributed by atoms with van der Waals surface area (Å²) in [6.07, 6.45) is -0.0478. The summed E-state index contributed by atoms with van der Waals surface area (Å²) in [6.45, 7) is 2.95. The zero-order valence-corrected chi connectivity index (χ0v) is 20.2. The zero-order chi connectivity index (χ0) is 26.9. The van der Waals surface area contributed by atoms with Gasteiger partial charge in [-0.2, -0.15) is 0 Å². The molecule has 3 heterocycles. The number of amides is 1. The van der Waals surface area contributed by atoms with E-state index in [1.807, 2.05) is 0 Å². The van der Waals surface area contributed by atoms with Gasteiger partial charge in [0.25, 0.3) is 5.91 Å². The number of pyridine rings is 2. The molecule has 0 bridgehead atoms. The van der Waals surface area contributed by atoms with E-state index in [0.29, 0.717) is 0 Å². The fourth-order valence-electron chi connectivity index (χ4n) is 3.55. The summed E-state index contributed by atoms with van der Waals surface area (Å²) in [4.78, 5) is 69.0. The van der Waals surface area contributed by atoms with Gasteiger partial charge in [-0.3, -0.25) is 29.1 Å². The summed E-state index contributed by atoms with van der Waals surface area (Å²) in [7, 11) is 0. The first-order valence-electron chi connectivity index (χ1n) is 11.1. The van der Waals surface area contributed by atoms with E-state index in [4.69, 9.17) is 23.7 Å². The molecule has 13 nitrogen and oxygen atoms in total. The lowest BCUT2D eigenvalue weighted by molar-refractivity contribution is -0.262. The third-order valence-electron chi connectivity index (χ3n) is 5.04. The van der Waals surface area contributed by atoms with Gasteiger partial charge in [0.15, 0.2) is 12.2 Å². The molecule has 1 aliphatic heterocycles. The quantitative estimate of drug-likeness (QED) is 0.384. The molecule has 1 saturated heterocycles. The van der Waals surface area contributed by atoms with Crippen LogP contribution in [0.25, 0.3) is 0 Å². The molecule has 1 fully saturated rings. The molecule has 2 aromatic rings. The number of carbonyl (C=O) groups is 5. The highest BCUT2D eigenvalue weighted by atomic mass is 16.7. The van der Waals surface area contributed by atoms with Crippen molar-refractivity contribution < 1.29 is 47.7 Å². The number of aromatic nitrogens is 2. The third-order valence-corrected chi connectivity index (χ3v) is 5.04. The van der Waals surface area contributed by atoms with Gasteiger partial charge in [0, 0.05) is 45.6 Å². The topological polar surface area (TPSA) is 169 Å². The Balaban J connectivity index is 2.00. The highest BCUT2D eigenvalue weighted by Gasteiger charge is 2.52. The number of nitrogens with one attached hydrogen (secondary N) is 1. The monoisotopic (exact) mass is 515 g/mol. The molecular formula is C24H25N3O10. The maximum atomic E-state index is 13.0. The Bertz CT molecular complexity index is 1130. The van der Waals surface area contributed by atoms with E-state index >= 15 is 0 Å². The van der Waals surface area contributed by atoms with E-state index in [1.165, 1.54) is 49.1 Å². The SMILES string of the molecule is CC(=O)OC[C@H]1O[C@@H](OC(=O)c2cccnc2)[C@H](NC(=O)c2cccnc2)[C@@H](OC(C)=O)[C@@H]1OC(C)=O. The predicted molar refractivity (Wildman–Crippen MR) is 122 cm³/mol. The van der Waals surface area contributed by atoms with Gasteiger partial charge in [0.05, 0.1) is 11.1 Å².